The van der Waals surface area contributed by atoms with Crippen LogP contribution in [0.25, 0.3) is 5.78 Å². The van der Waals surface area contributed by atoms with E-state index in [1.165, 1.54) is 4.52 Å². The molecule has 1 aromatic carbocycles. The van der Waals surface area contributed by atoms with Crippen molar-refractivity contribution in [3.8, 4) is 0 Å². The Hall–Kier alpha value is -3.49. The number of aromatic nitrogens is 4. The lowest BCUT2D eigenvalue weighted by molar-refractivity contribution is -0.124. The Kier molecular flexibility index (Phi) is 6.38. The van der Waals surface area contributed by atoms with Crippen molar-refractivity contribution >= 4 is 23.3 Å². The highest BCUT2D eigenvalue weighted by atomic mass is 16.5. The van der Waals surface area contributed by atoms with E-state index in [0.717, 1.165) is 30.0 Å². The molecular weight excluding hydrogens is 372 g/mol. The number of amides is 1. The second-order valence-corrected chi connectivity index (χ2v) is 6.72. The minimum absolute atomic E-state index is 0.122. The third-order valence-corrected chi connectivity index (χ3v) is 4.32. The molecule has 1 N–H and O–H groups in total. The van der Waals surface area contributed by atoms with Gasteiger partial charge in [-0.1, -0.05) is 18.2 Å². The van der Waals surface area contributed by atoms with Gasteiger partial charge in [0.2, 0.25) is 0 Å². The SMILES string of the molecule is Cc1cc(C)n2nc(C(=O)OCC(=O)NCCCN(C)c3ccccc3)nc2n1. The summed E-state index contributed by atoms with van der Waals surface area (Å²) in [6.45, 7) is 4.58. The lowest BCUT2D eigenvalue weighted by Crippen LogP contribution is -2.31. The molecule has 0 spiro atoms. The summed E-state index contributed by atoms with van der Waals surface area (Å²) in [6.07, 6.45) is 0.767. The van der Waals surface area contributed by atoms with E-state index in [4.69, 9.17) is 4.74 Å². The van der Waals surface area contributed by atoms with Crippen LogP contribution in [0.4, 0.5) is 5.69 Å². The number of benzene rings is 1. The monoisotopic (exact) mass is 396 g/mol. The maximum atomic E-state index is 12.1. The van der Waals surface area contributed by atoms with Gasteiger partial charge in [-0.25, -0.2) is 14.3 Å². The van der Waals surface area contributed by atoms with E-state index in [1.54, 1.807) is 0 Å². The Morgan fingerprint density at radius 3 is 2.69 bits per heavy atom. The summed E-state index contributed by atoms with van der Waals surface area (Å²) < 4.78 is 6.47. The fraction of sp³-hybridized carbons (Fsp3) is 0.350. The Morgan fingerprint density at radius 2 is 1.93 bits per heavy atom. The highest BCUT2D eigenvalue weighted by Crippen LogP contribution is 2.10. The molecule has 29 heavy (non-hydrogen) atoms. The van der Waals surface area contributed by atoms with E-state index in [9.17, 15) is 9.59 Å². The molecule has 2 aromatic heterocycles. The summed E-state index contributed by atoms with van der Waals surface area (Å²) in [7, 11) is 2.00. The van der Waals surface area contributed by atoms with Crippen LogP contribution < -0.4 is 10.2 Å². The molecule has 1 amide bonds. The number of hydrogen-bond acceptors (Lipinski definition) is 7. The zero-order valence-corrected chi connectivity index (χ0v) is 16.8. The topological polar surface area (TPSA) is 102 Å². The van der Waals surface area contributed by atoms with Gasteiger partial charge >= 0.3 is 5.97 Å². The van der Waals surface area contributed by atoms with Gasteiger partial charge in [-0.2, -0.15) is 4.98 Å². The number of ether oxygens (including phenoxy) is 1. The normalized spacial score (nSPS) is 10.7. The minimum atomic E-state index is -0.758. The first-order chi connectivity index (χ1) is 13.9. The van der Waals surface area contributed by atoms with Gasteiger partial charge < -0.3 is 15.0 Å². The number of nitrogens with zero attached hydrogens (tertiary/aromatic N) is 5. The number of rotatable bonds is 8. The highest BCUT2D eigenvalue weighted by Gasteiger charge is 2.17. The zero-order valence-electron chi connectivity index (χ0n) is 16.8. The minimum Gasteiger partial charge on any atom is -0.450 e. The first-order valence-corrected chi connectivity index (χ1v) is 9.35. The molecule has 9 heteroatoms. The molecule has 0 saturated carbocycles. The fourth-order valence-corrected chi connectivity index (χ4v) is 2.86. The molecule has 0 atom stereocenters. The van der Waals surface area contributed by atoms with Crippen LogP contribution in [0, 0.1) is 13.8 Å². The van der Waals surface area contributed by atoms with Crippen molar-refractivity contribution in [2.45, 2.75) is 20.3 Å². The van der Waals surface area contributed by atoms with E-state index < -0.39 is 5.97 Å². The van der Waals surface area contributed by atoms with Crippen LogP contribution in [0.15, 0.2) is 36.4 Å². The van der Waals surface area contributed by atoms with Crippen LogP contribution in [-0.2, 0) is 9.53 Å². The standard InChI is InChI=1S/C20H24N6O3/c1-14-12-15(2)26-20(22-14)23-18(24-26)19(28)29-13-17(27)21-10-7-11-25(3)16-8-5-4-6-9-16/h4-6,8-9,12H,7,10-11,13H2,1-3H3,(H,21,27). The number of nitrogens with one attached hydrogen (secondary N) is 1. The smallest absolute Gasteiger partial charge is 0.378 e. The largest absolute Gasteiger partial charge is 0.450 e. The maximum Gasteiger partial charge on any atom is 0.378 e. The number of fused-ring (bicyclic) bond motifs is 1. The van der Waals surface area contributed by atoms with Crippen LogP contribution in [0.3, 0.4) is 0 Å². The highest BCUT2D eigenvalue weighted by molar-refractivity contribution is 5.88. The van der Waals surface area contributed by atoms with Crippen molar-refractivity contribution in [3.63, 3.8) is 0 Å². The predicted molar refractivity (Wildman–Crippen MR) is 108 cm³/mol. The van der Waals surface area contributed by atoms with Crippen LogP contribution in [-0.4, -0.2) is 58.2 Å². The molecule has 0 unspecified atom stereocenters. The van der Waals surface area contributed by atoms with Gasteiger partial charge in [-0.05, 0) is 38.5 Å². The summed E-state index contributed by atoms with van der Waals surface area (Å²) in [5, 5.41) is 6.82. The van der Waals surface area contributed by atoms with Crippen LogP contribution in [0.2, 0.25) is 0 Å². The first-order valence-electron chi connectivity index (χ1n) is 9.35. The Balaban J connectivity index is 1.41. The van der Waals surface area contributed by atoms with Crippen molar-refractivity contribution in [1.29, 1.82) is 0 Å². The van der Waals surface area contributed by atoms with E-state index in [0.29, 0.717) is 12.3 Å². The van der Waals surface area contributed by atoms with Crippen LogP contribution in [0.1, 0.15) is 28.4 Å². The number of carbonyl (C=O) groups is 2. The van der Waals surface area contributed by atoms with Crippen molar-refractivity contribution < 1.29 is 14.3 Å². The molecule has 0 radical (unpaired) electrons. The maximum absolute atomic E-state index is 12.1. The Morgan fingerprint density at radius 1 is 1.17 bits per heavy atom. The molecule has 0 aliphatic carbocycles. The Labute approximate surface area is 168 Å². The number of anilines is 1. The quantitative estimate of drug-likeness (QED) is 0.455. The van der Waals surface area contributed by atoms with Gasteiger partial charge in [-0.15, -0.1) is 5.10 Å². The lowest BCUT2D eigenvalue weighted by atomic mass is 10.3. The molecule has 2 heterocycles. The van der Waals surface area contributed by atoms with E-state index in [1.807, 2.05) is 57.3 Å². The zero-order chi connectivity index (χ0) is 20.8. The summed E-state index contributed by atoms with van der Waals surface area (Å²) >= 11 is 0. The van der Waals surface area contributed by atoms with Crippen molar-refractivity contribution in [1.82, 2.24) is 24.9 Å². The van der Waals surface area contributed by atoms with Gasteiger partial charge in [0.15, 0.2) is 6.61 Å². The summed E-state index contributed by atoms with van der Waals surface area (Å²) in [6, 6.07) is 11.8. The second kappa shape index (κ2) is 9.13. The van der Waals surface area contributed by atoms with E-state index >= 15 is 0 Å². The molecule has 0 bridgehead atoms. The van der Waals surface area contributed by atoms with Gasteiger partial charge in [0.25, 0.3) is 17.5 Å². The summed E-state index contributed by atoms with van der Waals surface area (Å²) in [5.74, 6) is -0.925. The van der Waals surface area contributed by atoms with E-state index in [-0.39, 0.29) is 18.3 Å². The molecule has 9 nitrogen and oxygen atoms in total. The molecule has 0 saturated heterocycles. The fourth-order valence-electron chi connectivity index (χ4n) is 2.86. The average molecular weight is 396 g/mol. The van der Waals surface area contributed by atoms with Crippen molar-refractivity contribution in [3.05, 3.63) is 53.6 Å². The lowest BCUT2D eigenvalue weighted by Gasteiger charge is -2.19. The molecule has 0 aliphatic rings. The number of esters is 1. The molecular formula is C20H24N6O3. The second-order valence-electron chi connectivity index (χ2n) is 6.72. The van der Waals surface area contributed by atoms with Gasteiger partial charge in [-0.3, -0.25) is 4.79 Å². The molecule has 0 fully saturated rings. The van der Waals surface area contributed by atoms with Gasteiger partial charge in [0.05, 0.1) is 0 Å². The van der Waals surface area contributed by atoms with Crippen molar-refractivity contribution in [2.24, 2.45) is 0 Å². The number of carbonyl (C=O) groups excluding carboxylic acids is 2. The molecule has 0 aliphatic heterocycles. The predicted octanol–water partition coefficient (Wildman–Crippen LogP) is 1.54. The first kappa shape index (κ1) is 20.2. The molecule has 3 aromatic rings. The third kappa shape index (κ3) is 5.28. The van der Waals surface area contributed by atoms with Gasteiger partial charge in [0, 0.05) is 37.2 Å². The third-order valence-electron chi connectivity index (χ3n) is 4.32. The Bertz CT molecular complexity index is 1000. The number of hydrogen-bond donors (Lipinski definition) is 1. The van der Waals surface area contributed by atoms with Crippen LogP contribution in [0.5, 0.6) is 0 Å². The molecule has 3 rings (SSSR count). The van der Waals surface area contributed by atoms with Crippen molar-refractivity contribution in [2.75, 3.05) is 31.6 Å². The summed E-state index contributed by atoms with van der Waals surface area (Å²) in [5.41, 5.74) is 2.70. The summed E-state index contributed by atoms with van der Waals surface area (Å²) in [4.78, 5) is 34.4. The molecule has 152 valence electrons. The number of para-hydroxylation sites is 1. The van der Waals surface area contributed by atoms with E-state index in [2.05, 4.69) is 25.3 Å². The average Bonchev–Trinajstić information content (AvgIpc) is 3.14. The number of aryl methyl sites for hydroxylation is 2. The van der Waals surface area contributed by atoms with Crippen LogP contribution >= 0.6 is 0 Å². The van der Waals surface area contributed by atoms with Gasteiger partial charge in [0.1, 0.15) is 0 Å².